The number of fused-ring (bicyclic) bond motifs is 1. The topological polar surface area (TPSA) is 66.8 Å². The number of hydrogen-bond acceptors (Lipinski definition) is 4. The third-order valence-corrected chi connectivity index (χ3v) is 4.06. The summed E-state index contributed by atoms with van der Waals surface area (Å²) in [7, 11) is 0. The second kappa shape index (κ2) is 7.81. The third kappa shape index (κ3) is 3.50. The molecule has 24 heavy (non-hydrogen) atoms. The molecule has 1 aromatic rings. The van der Waals surface area contributed by atoms with Crippen LogP contribution >= 0.6 is 0 Å². The minimum absolute atomic E-state index is 0.115. The van der Waals surface area contributed by atoms with E-state index in [-0.39, 0.29) is 24.8 Å². The SMILES string of the molecule is C=CCc1cc2c(c(CC=C)c1O)CCC(=O)N2CC(=O)OCC. The van der Waals surface area contributed by atoms with Gasteiger partial charge in [0, 0.05) is 17.7 Å². The van der Waals surface area contributed by atoms with Crippen molar-refractivity contribution >= 4 is 17.6 Å². The number of nitrogens with zero attached hydrogens (tertiary/aromatic N) is 1. The molecule has 0 radical (unpaired) electrons. The zero-order chi connectivity index (χ0) is 17.7. The van der Waals surface area contributed by atoms with Crippen molar-refractivity contribution in [1.82, 2.24) is 0 Å². The summed E-state index contributed by atoms with van der Waals surface area (Å²) in [5.74, 6) is -0.336. The molecule has 1 aliphatic heterocycles. The molecule has 0 fully saturated rings. The lowest BCUT2D eigenvalue weighted by Gasteiger charge is -2.31. The molecule has 128 valence electrons. The van der Waals surface area contributed by atoms with Gasteiger partial charge in [0.15, 0.2) is 0 Å². The highest BCUT2D eigenvalue weighted by Gasteiger charge is 2.30. The standard InChI is InChI=1S/C19H23NO4/c1-4-7-13-11-16-14(15(8-5-2)19(13)23)9-10-17(21)20(16)12-18(22)24-6-3/h4-5,11,23H,1-2,6-10,12H2,3H3. The van der Waals surface area contributed by atoms with Crippen molar-refractivity contribution < 1.29 is 19.4 Å². The number of carbonyl (C=O) groups is 2. The first-order chi connectivity index (χ1) is 11.5. The Hall–Kier alpha value is -2.56. The second-order valence-electron chi connectivity index (χ2n) is 5.63. The summed E-state index contributed by atoms with van der Waals surface area (Å²) in [5, 5.41) is 10.5. The lowest BCUT2D eigenvalue weighted by atomic mass is 9.90. The van der Waals surface area contributed by atoms with E-state index in [1.54, 1.807) is 25.1 Å². The van der Waals surface area contributed by atoms with Crippen molar-refractivity contribution in [2.75, 3.05) is 18.1 Å². The van der Waals surface area contributed by atoms with Gasteiger partial charge in [0.1, 0.15) is 12.3 Å². The van der Waals surface area contributed by atoms with Gasteiger partial charge in [0.2, 0.25) is 5.91 Å². The summed E-state index contributed by atoms with van der Waals surface area (Å²) in [6, 6.07) is 1.77. The lowest BCUT2D eigenvalue weighted by Crippen LogP contribution is -2.40. The largest absolute Gasteiger partial charge is 0.507 e. The molecule has 1 N–H and O–H groups in total. The summed E-state index contributed by atoms with van der Waals surface area (Å²) in [6.45, 7) is 9.33. The average Bonchev–Trinajstić information content (AvgIpc) is 2.55. The number of hydrogen-bond donors (Lipinski definition) is 1. The smallest absolute Gasteiger partial charge is 0.326 e. The van der Waals surface area contributed by atoms with Gasteiger partial charge >= 0.3 is 5.97 Å². The van der Waals surface area contributed by atoms with Crippen LogP contribution in [0.5, 0.6) is 5.75 Å². The van der Waals surface area contributed by atoms with Crippen LogP contribution in [0.2, 0.25) is 0 Å². The van der Waals surface area contributed by atoms with E-state index in [1.165, 1.54) is 4.90 Å². The molecule has 0 aliphatic carbocycles. The Labute approximate surface area is 142 Å². The van der Waals surface area contributed by atoms with Crippen LogP contribution in [0.4, 0.5) is 5.69 Å². The van der Waals surface area contributed by atoms with Crippen LogP contribution in [0.15, 0.2) is 31.4 Å². The first kappa shape index (κ1) is 17.8. The van der Waals surface area contributed by atoms with Crippen molar-refractivity contribution in [3.05, 3.63) is 48.1 Å². The van der Waals surface area contributed by atoms with Crippen molar-refractivity contribution in [3.8, 4) is 5.75 Å². The Bertz CT molecular complexity index is 678. The highest BCUT2D eigenvalue weighted by molar-refractivity contribution is 6.00. The number of phenolic OH excluding ortho intramolecular Hbond substituents is 1. The molecule has 1 aromatic carbocycles. The first-order valence-electron chi connectivity index (χ1n) is 8.07. The number of aromatic hydroxyl groups is 1. The number of allylic oxidation sites excluding steroid dienone is 2. The number of esters is 1. The van der Waals surface area contributed by atoms with Gasteiger partial charge in [-0.05, 0) is 43.4 Å². The van der Waals surface area contributed by atoms with Gasteiger partial charge in [-0.15, -0.1) is 13.2 Å². The molecule has 1 heterocycles. The van der Waals surface area contributed by atoms with Gasteiger partial charge in [-0.2, -0.15) is 0 Å². The van der Waals surface area contributed by atoms with Crippen LogP contribution in [-0.4, -0.2) is 30.1 Å². The molecular weight excluding hydrogens is 306 g/mol. The number of rotatable bonds is 7. The normalized spacial score (nSPS) is 13.4. The van der Waals surface area contributed by atoms with E-state index in [4.69, 9.17) is 4.74 Å². The molecule has 5 nitrogen and oxygen atoms in total. The summed E-state index contributed by atoms with van der Waals surface area (Å²) in [6.07, 6.45) is 5.24. The van der Waals surface area contributed by atoms with Crippen molar-refractivity contribution in [3.63, 3.8) is 0 Å². The van der Waals surface area contributed by atoms with E-state index in [2.05, 4.69) is 13.2 Å². The van der Waals surface area contributed by atoms with E-state index in [0.717, 1.165) is 11.1 Å². The number of anilines is 1. The molecule has 0 saturated heterocycles. The highest BCUT2D eigenvalue weighted by atomic mass is 16.5. The fraction of sp³-hybridized carbons (Fsp3) is 0.368. The zero-order valence-corrected chi connectivity index (χ0v) is 14.0. The van der Waals surface area contributed by atoms with Gasteiger partial charge in [-0.1, -0.05) is 12.2 Å². The molecular formula is C19H23NO4. The predicted molar refractivity (Wildman–Crippen MR) is 93.2 cm³/mol. The Morgan fingerprint density at radius 3 is 2.67 bits per heavy atom. The van der Waals surface area contributed by atoms with Gasteiger partial charge in [-0.3, -0.25) is 9.59 Å². The molecule has 0 unspecified atom stereocenters. The van der Waals surface area contributed by atoms with Crippen LogP contribution in [0, 0.1) is 0 Å². The predicted octanol–water partition coefficient (Wildman–Crippen LogP) is 2.69. The van der Waals surface area contributed by atoms with Crippen molar-refractivity contribution in [2.24, 2.45) is 0 Å². The third-order valence-electron chi connectivity index (χ3n) is 4.06. The molecule has 0 atom stereocenters. The first-order valence-corrected chi connectivity index (χ1v) is 8.07. The van der Waals surface area contributed by atoms with Crippen LogP contribution in [0.1, 0.15) is 30.0 Å². The molecule has 1 aliphatic rings. The highest BCUT2D eigenvalue weighted by Crippen LogP contribution is 2.38. The molecule has 5 heteroatoms. The van der Waals surface area contributed by atoms with Gasteiger partial charge in [0.25, 0.3) is 0 Å². The Morgan fingerprint density at radius 2 is 2.04 bits per heavy atom. The summed E-state index contributed by atoms with van der Waals surface area (Å²) < 4.78 is 4.97. The number of benzene rings is 1. The molecule has 2 rings (SSSR count). The molecule has 1 amide bonds. The van der Waals surface area contributed by atoms with Gasteiger partial charge in [-0.25, -0.2) is 0 Å². The van der Waals surface area contributed by atoms with Crippen molar-refractivity contribution in [2.45, 2.75) is 32.6 Å². The molecule has 0 bridgehead atoms. The molecule has 0 saturated carbocycles. The van der Waals surface area contributed by atoms with E-state index in [9.17, 15) is 14.7 Å². The number of ether oxygens (including phenoxy) is 1. The number of carbonyl (C=O) groups excluding carboxylic acids is 2. The Balaban J connectivity index is 2.53. The maximum absolute atomic E-state index is 12.3. The monoisotopic (exact) mass is 329 g/mol. The zero-order valence-electron chi connectivity index (χ0n) is 14.0. The average molecular weight is 329 g/mol. The van der Waals surface area contributed by atoms with E-state index >= 15 is 0 Å². The molecule has 0 spiro atoms. The van der Waals surface area contributed by atoms with Crippen LogP contribution in [0.3, 0.4) is 0 Å². The van der Waals surface area contributed by atoms with E-state index < -0.39 is 5.97 Å². The Morgan fingerprint density at radius 1 is 1.33 bits per heavy atom. The second-order valence-corrected chi connectivity index (χ2v) is 5.63. The lowest BCUT2D eigenvalue weighted by molar-refractivity contribution is -0.142. The summed E-state index contributed by atoms with van der Waals surface area (Å²) in [5.41, 5.74) is 3.01. The van der Waals surface area contributed by atoms with Crippen molar-refractivity contribution in [1.29, 1.82) is 0 Å². The fourth-order valence-electron chi connectivity index (χ4n) is 3.02. The van der Waals surface area contributed by atoms with Gasteiger partial charge in [0.05, 0.1) is 6.61 Å². The minimum atomic E-state index is -0.442. The summed E-state index contributed by atoms with van der Waals surface area (Å²) >= 11 is 0. The number of amides is 1. The van der Waals surface area contributed by atoms with Crippen LogP contribution in [-0.2, 0) is 33.6 Å². The minimum Gasteiger partial charge on any atom is -0.507 e. The summed E-state index contributed by atoms with van der Waals surface area (Å²) in [4.78, 5) is 25.6. The maximum Gasteiger partial charge on any atom is 0.326 e. The van der Waals surface area contributed by atoms with E-state index in [1.807, 2.05) is 0 Å². The van der Waals surface area contributed by atoms with Crippen LogP contribution < -0.4 is 4.90 Å². The molecule has 0 aromatic heterocycles. The van der Waals surface area contributed by atoms with E-state index in [0.29, 0.717) is 36.9 Å². The van der Waals surface area contributed by atoms with Crippen LogP contribution in [0.25, 0.3) is 0 Å². The quantitative estimate of drug-likeness (QED) is 0.617. The maximum atomic E-state index is 12.3. The Kier molecular flexibility index (Phi) is 5.79. The van der Waals surface area contributed by atoms with Gasteiger partial charge < -0.3 is 14.7 Å². The fourth-order valence-corrected chi connectivity index (χ4v) is 3.02. The number of phenols is 1.